The molecular weight excluding hydrogens is 244 g/mol. The highest BCUT2D eigenvalue weighted by molar-refractivity contribution is 5.95. The highest BCUT2D eigenvalue weighted by atomic mass is 16.5. The van der Waals surface area contributed by atoms with Crippen molar-refractivity contribution in [3.63, 3.8) is 0 Å². The lowest BCUT2D eigenvalue weighted by atomic mass is 10.0. The van der Waals surface area contributed by atoms with Crippen molar-refractivity contribution in [1.29, 1.82) is 0 Å². The summed E-state index contributed by atoms with van der Waals surface area (Å²) in [6, 6.07) is 6.81. The van der Waals surface area contributed by atoms with Crippen molar-refractivity contribution >= 4 is 11.6 Å². The summed E-state index contributed by atoms with van der Waals surface area (Å²) in [7, 11) is 1.84. The Morgan fingerprint density at radius 3 is 2.95 bits per heavy atom. The Labute approximate surface area is 113 Å². The van der Waals surface area contributed by atoms with E-state index in [4.69, 9.17) is 4.74 Å². The molecule has 1 aliphatic heterocycles. The van der Waals surface area contributed by atoms with Gasteiger partial charge in [-0.25, -0.2) is 0 Å². The average molecular weight is 264 g/mol. The van der Waals surface area contributed by atoms with Gasteiger partial charge in [-0.2, -0.15) is 0 Å². The summed E-state index contributed by atoms with van der Waals surface area (Å²) in [6.45, 7) is 3.49. The second-order valence-electron chi connectivity index (χ2n) is 4.64. The predicted octanol–water partition coefficient (Wildman–Crippen LogP) is 0.979. The molecule has 1 aliphatic rings. The van der Waals surface area contributed by atoms with Gasteiger partial charge in [0, 0.05) is 24.3 Å². The Morgan fingerprint density at radius 2 is 2.32 bits per heavy atom. The standard InChI is InChI=1S/C14H20N2O3/c1-3-16(10-5-4-6-11(17)7-10)14(18)12-8-19-9-13(12)15-2/h4-7,12-13,15,17H,3,8-9H2,1-2H3. The van der Waals surface area contributed by atoms with E-state index < -0.39 is 0 Å². The Bertz CT molecular complexity index is 450. The van der Waals surface area contributed by atoms with Gasteiger partial charge in [-0.3, -0.25) is 4.79 Å². The smallest absolute Gasteiger partial charge is 0.234 e. The first kappa shape index (κ1) is 13.8. The maximum absolute atomic E-state index is 12.6. The number of rotatable bonds is 4. The Kier molecular flexibility index (Phi) is 4.39. The van der Waals surface area contributed by atoms with Crippen LogP contribution >= 0.6 is 0 Å². The molecule has 1 amide bonds. The van der Waals surface area contributed by atoms with Crippen LogP contribution in [0.5, 0.6) is 5.75 Å². The van der Waals surface area contributed by atoms with Gasteiger partial charge in [0.1, 0.15) is 5.75 Å². The molecule has 2 N–H and O–H groups in total. The molecule has 1 heterocycles. The van der Waals surface area contributed by atoms with E-state index in [-0.39, 0.29) is 23.6 Å². The number of ether oxygens (including phenoxy) is 1. The fourth-order valence-corrected chi connectivity index (χ4v) is 2.41. The first-order valence-electron chi connectivity index (χ1n) is 6.52. The topological polar surface area (TPSA) is 61.8 Å². The highest BCUT2D eigenvalue weighted by Crippen LogP contribution is 2.24. The van der Waals surface area contributed by atoms with Crippen molar-refractivity contribution in [2.24, 2.45) is 5.92 Å². The molecule has 1 aromatic rings. The number of nitrogens with zero attached hydrogens (tertiary/aromatic N) is 1. The van der Waals surface area contributed by atoms with Gasteiger partial charge in [-0.15, -0.1) is 0 Å². The van der Waals surface area contributed by atoms with E-state index in [1.54, 1.807) is 23.1 Å². The third-order valence-electron chi connectivity index (χ3n) is 3.49. The van der Waals surface area contributed by atoms with Crippen LogP contribution in [0.15, 0.2) is 24.3 Å². The van der Waals surface area contributed by atoms with Crippen molar-refractivity contribution in [3.05, 3.63) is 24.3 Å². The first-order chi connectivity index (χ1) is 9.17. The van der Waals surface area contributed by atoms with E-state index in [1.807, 2.05) is 20.0 Å². The molecule has 5 nitrogen and oxygen atoms in total. The minimum atomic E-state index is -0.174. The number of nitrogens with one attached hydrogen (secondary N) is 1. The number of anilines is 1. The maximum Gasteiger partial charge on any atom is 0.234 e. The second kappa shape index (κ2) is 6.04. The third-order valence-corrected chi connectivity index (χ3v) is 3.49. The van der Waals surface area contributed by atoms with E-state index in [0.717, 1.165) is 0 Å². The van der Waals surface area contributed by atoms with Gasteiger partial charge in [0.15, 0.2) is 0 Å². The molecule has 2 atom stereocenters. The van der Waals surface area contributed by atoms with Crippen LogP contribution in [0.1, 0.15) is 6.92 Å². The van der Waals surface area contributed by atoms with Crippen molar-refractivity contribution in [2.45, 2.75) is 13.0 Å². The molecule has 0 aliphatic carbocycles. The number of carbonyl (C=O) groups is 1. The minimum absolute atomic E-state index is 0.0324. The predicted molar refractivity (Wildman–Crippen MR) is 73.3 cm³/mol. The molecular formula is C14H20N2O3. The van der Waals surface area contributed by atoms with Crippen LogP contribution in [0.2, 0.25) is 0 Å². The third kappa shape index (κ3) is 2.88. The summed E-state index contributed by atoms with van der Waals surface area (Å²) in [4.78, 5) is 14.3. The van der Waals surface area contributed by atoms with Gasteiger partial charge < -0.3 is 20.1 Å². The zero-order valence-corrected chi connectivity index (χ0v) is 11.3. The van der Waals surface area contributed by atoms with Crippen LogP contribution in [-0.2, 0) is 9.53 Å². The normalized spacial score (nSPS) is 22.4. The zero-order valence-electron chi connectivity index (χ0n) is 11.3. The van der Waals surface area contributed by atoms with Crippen molar-refractivity contribution < 1.29 is 14.6 Å². The van der Waals surface area contributed by atoms with Gasteiger partial charge in [-0.05, 0) is 26.1 Å². The van der Waals surface area contributed by atoms with Crippen LogP contribution in [0.4, 0.5) is 5.69 Å². The van der Waals surface area contributed by atoms with E-state index >= 15 is 0 Å². The number of carbonyl (C=O) groups excluding carboxylic acids is 1. The number of hydrogen-bond donors (Lipinski definition) is 2. The molecule has 2 rings (SSSR count). The first-order valence-corrected chi connectivity index (χ1v) is 6.52. The monoisotopic (exact) mass is 264 g/mol. The summed E-state index contributed by atoms with van der Waals surface area (Å²) < 4.78 is 5.38. The van der Waals surface area contributed by atoms with Crippen LogP contribution in [-0.4, -0.2) is 43.9 Å². The zero-order chi connectivity index (χ0) is 13.8. The number of phenols is 1. The number of likely N-dealkylation sites (N-methyl/N-ethyl adjacent to an activating group) is 1. The molecule has 1 aromatic carbocycles. The molecule has 2 unspecified atom stereocenters. The van der Waals surface area contributed by atoms with Crippen LogP contribution < -0.4 is 10.2 Å². The molecule has 0 spiro atoms. The lowest BCUT2D eigenvalue weighted by Gasteiger charge is -2.26. The molecule has 5 heteroatoms. The highest BCUT2D eigenvalue weighted by Gasteiger charge is 2.35. The molecule has 0 radical (unpaired) electrons. The average Bonchev–Trinajstić information content (AvgIpc) is 2.87. The summed E-state index contributed by atoms with van der Waals surface area (Å²) in [5.41, 5.74) is 0.717. The van der Waals surface area contributed by atoms with Gasteiger partial charge >= 0.3 is 0 Å². The van der Waals surface area contributed by atoms with E-state index in [9.17, 15) is 9.90 Å². The quantitative estimate of drug-likeness (QED) is 0.851. The Hall–Kier alpha value is -1.59. The number of phenolic OH excluding ortho intramolecular Hbond substituents is 1. The molecule has 1 saturated heterocycles. The van der Waals surface area contributed by atoms with Gasteiger partial charge in [0.2, 0.25) is 5.91 Å². The summed E-state index contributed by atoms with van der Waals surface area (Å²) in [6.07, 6.45) is 0. The Balaban J connectivity index is 2.19. The number of hydrogen-bond acceptors (Lipinski definition) is 4. The minimum Gasteiger partial charge on any atom is -0.508 e. The molecule has 104 valence electrons. The van der Waals surface area contributed by atoms with Gasteiger partial charge in [-0.1, -0.05) is 6.07 Å². The van der Waals surface area contributed by atoms with Crippen molar-refractivity contribution in [3.8, 4) is 5.75 Å². The van der Waals surface area contributed by atoms with E-state index in [0.29, 0.717) is 25.4 Å². The van der Waals surface area contributed by atoms with Crippen LogP contribution in [0, 0.1) is 5.92 Å². The molecule has 0 bridgehead atoms. The van der Waals surface area contributed by atoms with E-state index in [2.05, 4.69) is 5.32 Å². The molecule has 0 saturated carbocycles. The summed E-state index contributed by atoms with van der Waals surface area (Å²) in [5.74, 6) is 0.0221. The molecule has 19 heavy (non-hydrogen) atoms. The molecule has 1 fully saturated rings. The van der Waals surface area contributed by atoms with Gasteiger partial charge in [0.05, 0.1) is 19.1 Å². The number of aromatic hydroxyl groups is 1. The second-order valence-corrected chi connectivity index (χ2v) is 4.64. The van der Waals surface area contributed by atoms with Gasteiger partial charge in [0.25, 0.3) is 0 Å². The number of benzene rings is 1. The largest absolute Gasteiger partial charge is 0.508 e. The fourth-order valence-electron chi connectivity index (χ4n) is 2.41. The lowest BCUT2D eigenvalue weighted by Crippen LogP contribution is -2.44. The Morgan fingerprint density at radius 1 is 1.53 bits per heavy atom. The number of amides is 1. The summed E-state index contributed by atoms with van der Waals surface area (Å²) in [5, 5.41) is 12.6. The fraction of sp³-hybridized carbons (Fsp3) is 0.500. The molecule has 0 aromatic heterocycles. The van der Waals surface area contributed by atoms with Crippen molar-refractivity contribution in [1.82, 2.24) is 5.32 Å². The van der Waals surface area contributed by atoms with Crippen LogP contribution in [0.3, 0.4) is 0 Å². The van der Waals surface area contributed by atoms with Crippen molar-refractivity contribution in [2.75, 3.05) is 31.7 Å². The maximum atomic E-state index is 12.6. The lowest BCUT2D eigenvalue weighted by molar-refractivity contribution is -0.122. The van der Waals surface area contributed by atoms with Crippen LogP contribution in [0.25, 0.3) is 0 Å². The summed E-state index contributed by atoms with van der Waals surface area (Å²) >= 11 is 0. The van der Waals surface area contributed by atoms with E-state index in [1.165, 1.54) is 0 Å². The SMILES string of the molecule is CCN(C(=O)C1COCC1NC)c1cccc(O)c1.